The molecule has 5 rings (SSSR count). The molecule has 0 aliphatic carbocycles. The van der Waals surface area contributed by atoms with Crippen molar-refractivity contribution in [1.82, 2.24) is 4.31 Å². The molecule has 37 heavy (non-hydrogen) atoms. The Balaban J connectivity index is 1.52. The van der Waals surface area contributed by atoms with Crippen LogP contribution in [0, 0.1) is 11.3 Å². The Morgan fingerprint density at radius 1 is 0.865 bits per heavy atom. The molecular formula is C29H23N3O4S. The van der Waals surface area contributed by atoms with Crippen LogP contribution in [0.4, 0.5) is 5.69 Å². The third-order valence-electron chi connectivity index (χ3n) is 6.52. The number of rotatable bonds is 7. The number of fused-ring (bicyclic) bond motifs is 1. The van der Waals surface area contributed by atoms with Crippen LogP contribution in [-0.2, 0) is 26.0 Å². The molecule has 1 saturated heterocycles. The van der Waals surface area contributed by atoms with Crippen molar-refractivity contribution in [3.05, 3.63) is 108 Å². The maximum Gasteiger partial charge on any atom is 0.252 e. The molecule has 2 amide bonds. The van der Waals surface area contributed by atoms with E-state index in [1.54, 1.807) is 12.1 Å². The number of amides is 2. The van der Waals surface area contributed by atoms with Gasteiger partial charge in [-0.25, -0.2) is 13.3 Å². The van der Waals surface area contributed by atoms with Gasteiger partial charge in [-0.3, -0.25) is 9.59 Å². The van der Waals surface area contributed by atoms with Gasteiger partial charge in [0, 0.05) is 6.54 Å². The topological polar surface area (TPSA) is 98.5 Å². The van der Waals surface area contributed by atoms with Gasteiger partial charge in [0.1, 0.15) is 6.04 Å². The number of carbonyl (C=O) groups excluding carboxylic acids is 2. The first-order valence-corrected chi connectivity index (χ1v) is 13.2. The van der Waals surface area contributed by atoms with Gasteiger partial charge in [-0.05, 0) is 59.2 Å². The fourth-order valence-electron chi connectivity index (χ4n) is 4.59. The molecule has 1 aliphatic rings. The van der Waals surface area contributed by atoms with Gasteiger partial charge in [-0.15, -0.1) is 0 Å². The minimum absolute atomic E-state index is 0.0318. The van der Waals surface area contributed by atoms with Crippen molar-refractivity contribution in [2.24, 2.45) is 0 Å². The quantitative estimate of drug-likeness (QED) is 0.347. The zero-order chi connectivity index (χ0) is 26.0. The lowest BCUT2D eigenvalue weighted by atomic mass is 10.1. The lowest BCUT2D eigenvalue weighted by Gasteiger charge is -2.27. The van der Waals surface area contributed by atoms with Crippen molar-refractivity contribution in [1.29, 1.82) is 5.26 Å². The normalized spacial score (nSPS) is 15.9. The van der Waals surface area contributed by atoms with Gasteiger partial charge >= 0.3 is 0 Å². The van der Waals surface area contributed by atoms with E-state index in [2.05, 4.69) is 0 Å². The highest BCUT2D eigenvalue weighted by Crippen LogP contribution is 2.31. The summed E-state index contributed by atoms with van der Waals surface area (Å²) < 4.78 is 29.1. The molecular weight excluding hydrogens is 486 g/mol. The molecule has 1 unspecified atom stereocenters. The molecule has 0 N–H and O–H groups in total. The van der Waals surface area contributed by atoms with Crippen LogP contribution in [0.2, 0.25) is 0 Å². The SMILES string of the molecule is N#Cc1ccc(N2C(=O)CC(N(CCc3ccccc3)S(=O)(=O)c3ccc4ccccc4c3)C2=O)cc1. The molecule has 184 valence electrons. The zero-order valence-corrected chi connectivity index (χ0v) is 20.6. The summed E-state index contributed by atoms with van der Waals surface area (Å²) in [4.78, 5) is 27.6. The van der Waals surface area contributed by atoms with Gasteiger partial charge < -0.3 is 0 Å². The molecule has 0 spiro atoms. The van der Waals surface area contributed by atoms with Crippen LogP contribution in [0.25, 0.3) is 10.8 Å². The molecule has 1 aliphatic heterocycles. The van der Waals surface area contributed by atoms with E-state index >= 15 is 0 Å². The molecule has 1 fully saturated rings. The number of benzene rings is 4. The monoisotopic (exact) mass is 509 g/mol. The number of nitriles is 1. The van der Waals surface area contributed by atoms with Gasteiger partial charge in [-0.1, -0.05) is 60.7 Å². The Hall–Kier alpha value is -4.32. The molecule has 4 aromatic carbocycles. The molecule has 0 aromatic heterocycles. The van der Waals surface area contributed by atoms with E-state index in [-0.39, 0.29) is 17.9 Å². The summed E-state index contributed by atoms with van der Waals surface area (Å²) in [6.07, 6.45) is 0.114. The summed E-state index contributed by atoms with van der Waals surface area (Å²) in [5.41, 5.74) is 1.62. The van der Waals surface area contributed by atoms with Gasteiger partial charge in [0.2, 0.25) is 15.9 Å². The number of sulfonamides is 1. The first kappa shape index (κ1) is 24.4. The van der Waals surface area contributed by atoms with E-state index in [9.17, 15) is 18.0 Å². The van der Waals surface area contributed by atoms with Gasteiger partial charge in [0.15, 0.2) is 0 Å². The Morgan fingerprint density at radius 2 is 1.54 bits per heavy atom. The fourth-order valence-corrected chi connectivity index (χ4v) is 6.21. The van der Waals surface area contributed by atoms with Crippen LogP contribution in [0.5, 0.6) is 0 Å². The fraction of sp³-hybridized carbons (Fsp3) is 0.138. The number of carbonyl (C=O) groups is 2. The smallest absolute Gasteiger partial charge is 0.252 e. The highest BCUT2D eigenvalue weighted by atomic mass is 32.2. The Morgan fingerprint density at radius 3 is 2.24 bits per heavy atom. The minimum Gasteiger partial charge on any atom is -0.274 e. The average molecular weight is 510 g/mol. The summed E-state index contributed by atoms with van der Waals surface area (Å²) in [6.45, 7) is 0.0318. The molecule has 4 aromatic rings. The summed E-state index contributed by atoms with van der Waals surface area (Å²) in [5.74, 6) is -1.09. The lowest BCUT2D eigenvalue weighted by Crippen LogP contribution is -2.46. The lowest BCUT2D eigenvalue weighted by molar-refractivity contribution is -0.122. The molecule has 1 heterocycles. The number of hydrogen-bond donors (Lipinski definition) is 0. The minimum atomic E-state index is -4.13. The summed E-state index contributed by atoms with van der Waals surface area (Å²) >= 11 is 0. The van der Waals surface area contributed by atoms with Crippen molar-refractivity contribution in [3.8, 4) is 6.07 Å². The Bertz CT molecular complexity index is 1630. The Labute approximate surface area is 215 Å². The third kappa shape index (κ3) is 4.75. The predicted molar refractivity (Wildman–Crippen MR) is 140 cm³/mol. The highest BCUT2D eigenvalue weighted by molar-refractivity contribution is 7.89. The summed E-state index contributed by atoms with van der Waals surface area (Å²) in [6, 6.07) is 28.6. The summed E-state index contributed by atoms with van der Waals surface area (Å²) in [7, 11) is -4.13. The maximum absolute atomic E-state index is 14.0. The molecule has 0 saturated carbocycles. The van der Waals surface area contributed by atoms with E-state index in [1.807, 2.05) is 60.7 Å². The van der Waals surface area contributed by atoms with E-state index in [0.29, 0.717) is 17.7 Å². The highest BCUT2D eigenvalue weighted by Gasteiger charge is 2.46. The first-order chi connectivity index (χ1) is 17.9. The van der Waals surface area contributed by atoms with Crippen LogP contribution < -0.4 is 4.90 Å². The van der Waals surface area contributed by atoms with Crippen molar-refractivity contribution >= 4 is 38.3 Å². The molecule has 8 heteroatoms. The van der Waals surface area contributed by atoms with Crippen molar-refractivity contribution in [2.75, 3.05) is 11.4 Å². The van der Waals surface area contributed by atoms with Crippen LogP contribution in [0.1, 0.15) is 17.5 Å². The first-order valence-electron chi connectivity index (χ1n) is 11.8. The largest absolute Gasteiger partial charge is 0.274 e. The Kier molecular flexibility index (Phi) is 6.57. The third-order valence-corrected chi connectivity index (χ3v) is 8.42. The second kappa shape index (κ2) is 9.97. The predicted octanol–water partition coefficient (Wildman–Crippen LogP) is 4.28. The van der Waals surface area contributed by atoms with Crippen molar-refractivity contribution < 1.29 is 18.0 Å². The second-order valence-corrected chi connectivity index (χ2v) is 10.7. The van der Waals surface area contributed by atoms with E-state index in [4.69, 9.17) is 5.26 Å². The molecule has 0 bridgehead atoms. The van der Waals surface area contributed by atoms with Crippen LogP contribution in [-0.4, -0.2) is 37.1 Å². The van der Waals surface area contributed by atoms with Crippen LogP contribution in [0.15, 0.2) is 102 Å². The number of anilines is 1. The van der Waals surface area contributed by atoms with Crippen molar-refractivity contribution in [3.63, 3.8) is 0 Å². The summed E-state index contributed by atoms with van der Waals surface area (Å²) in [5, 5.41) is 10.7. The molecule has 1 atom stereocenters. The molecule has 7 nitrogen and oxygen atoms in total. The standard InChI is InChI=1S/C29H23N3O4S/c30-20-22-10-13-25(14-11-22)32-28(33)19-27(29(32)34)31(17-16-21-6-2-1-3-7-21)37(35,36)26-15-12-23-8-4-5-9-24(23)18-26/h1-15,18,27H,16-17,19H2. The van der Waals surface area contributed by atoms with Crippen LogP contribution >= 0.6 is 0 Å². The number of hydrogen-bond acceptors (Lipinski definition) is 5. The van der Waals surface area contributed by atoms with Crippen molar-refractivity contribution in [2.45, 2.75) is 23.8 Å². The number of imide groups is 1. The zero-order valence-electron chi connectivity index (χ0n) is 19.8. The second-order valence-electron chi connectivity index (χ2n) is 8.81. The molecule has 0 radical (unpaired) electrons. The van der Waals surface area contributed by atoms with E-state index < -0.39 is 27.9 Å². The van der Waals surface area contributed by atoms with E-state index in [1.165, 1.54) is 30.3 Å². The van der Waals surface area contributed by atoms with Gasteiger partial charge in [0.25, 0.3) is 5.91 Å². The maximum atomic E-state index is 14.0. The average Bonchev–Trinajstić information content (AvgIpc) is 3.22. The number of nitrogens with zero attached hydrogens (tertiary/aromatic N) is 3. The van der Waals surface area contributed by atoms with Gasteiger partial charge in [-0.2, -0.15) is 9.57 Å². The van der Waals surface area contributed by atoms with Crippen LogP contribution in [0.3, 0.4) is 0 Å². The van der Waals surface area contributed by atoms with E-state index in [0.717, 1.165) is 25.5 Å². The van der Waals surface area contributed by atoms with Gasteiger partial charge in [0.05, 0.1) is 28.6 Å².